The number of nitrogens with one attached hydrogen (secondary N) is 2. The van der Waals surface area contributed by atoms with Crippen LogP contribution in [0.3, 0.4) is 0 Å². The van der Waals surface area contributed by atoms with Crippen LogP contribution in [0.25, 0.3) is 0 Å². The van der Waals surface area contributed by atoms with Crippen LogP contribution in [-0.2, 0) is 0 Å². The zero-order valence-corrected chi connectivity index (χ0v) is 11.4. The van der Waals surface area contributed by atoms with Crippen molar-refractivity contribution in [2.24, 2.45) is 16.8 Å². The molecule has 0 aliphatic carbocycles. The fourth-order valence-electron chi connectivity index (χ4n) is 1.13. The Hall–Kier alpha value is -1.14. The van der Waals surface area contributed by atoms with E-state index >= 15 is 0 Å². The first-order valence-corrected chi connectivity index (χ1v) is 6.06. The first kappa shape index (κ1) is 13.9. The van der Waals surface area contributed by atoms with Crippen LogP contribution in [0.4, 0.5) is 10.1 Å². The molecule has 0 radical (unpaired) electrons. The van der Waals surface area contributed by atoms with E-state index in [0.717, 1.165) is 0 Å². The van der Waals surface area contributed by atoms with Gasteiger partial charge in [0.25, 0.3) is 0 Å². The first-order chi connectivity index (χ1) is 8.04. The highest BCUT2D eigenvalue weighted by Crippen LogP contribution is 2.24. The second kappa shape index (κ2) is 6.56. The summed E-state index contributed by atoms with van der Waals surface area (Å²) >= 11 is 3.26. The Bertz CT molecular complexity index is 386. The molecule has 1 aromatic rings. The minimum atomic E-state index is -0.369. The summed E-state index contributed by atoms with van der Waals surface area (Å²) in [6.07, 6.45) is 0. The van der Waals surface area contributed by atoms with Gasteiger partial charge in [-0.15, -0.1) is 0 Å². The van der Waals surface area contributed by atoms with E-state index in [1.165, 1.54) is 6.07 Å². The summed E-state index contributed by atoms with van der Waals surface area (Å²) in [4.78, 5) is 4.20. The van der Waals surface area contributed by atoms with Crippen molar-refractivity contribution in [3.05, 3.63) is 28.5 Å². The van der Waals surface area contributed by atoms with Crippen molar-refractivity contribution in [1.82, 2.24) is 5.43 Å². The van der Waals surface area contributed by atoms with Crippen molar-refractivity contribution in [3.8, 4) is 0 Å². The molecule has 0 bridgehead atoms. The fraction of sp³-hybridized carbons (Fsp3) is 0.364. The van der Waals surface area contributed by atoms with E-state index in [0.29, 0.717) is 28.6 Å². The van der Waals surface area contributed by atoms with Crippen molar-refractivity contribution < 1.29 is 4.39 Å². The van der Waals surface area contributed by atoms with Crippen molar-refractivity contribution in [2.75, 3.05) is 11.9 Å². The van der Waals surface area contributed by atoms with E-state index < -0.39 is 0 Å². The Labute approximate surface area is 109 Å². The molecule has 0 fully saturated rings. The molecular weight excluding hydrogens is 287 g/mol. The Morgan fingerprint density at radius 2 is 2.24 bits per heavy atom. The number of guanidine groups is 1. The SMILES string of the molecule is CC(C)CN=C(NN)Nc1c(F)cccc1Br. The lowest BCUT2D eigenvalue weighted by Gasteiger charge is -2.12. The van der Waals surface area contributed by atoms with Crippen LogP contribution < -0.4 is 16.6 Å². The zero-order chi connectivity index (χ0) is 12.8. The lowest BCUT2D eigenvalue weighted by atomic mass is 10.2. The maximum atomic E-state index is 13.5. The largest absolute Gasteiger partial charge is 0.322 e. The summed E-state index contributed by atoms with van der Waals surface area (Å²) < 4.78 is 14.1. The molecular formula is C11H16BrFN4. The Morgan fingerprint density at radius 1 is 1.53 bits per heavy atom. The summed E-state index contributed by atoms with van der Waals surface area (Å²) in [5.41, 5.74) is 2.72. The number of halogens is 2. The van der Waals surface area contributed by atoms with Crippen molar-refractivity contribution in [3.63, 3.8) is 0 Å². The molecule has 4 N–H and O–H groups in total. The van der Waals surface area contributed by atoms with Gasteiger partial charge in [0.2, 0.25) is 5.96 Å². The van der Waals surface area contributed by atoms with Gasteiger partial charge in [-0.05, 0) is 34.0 Å². The summed E-state index contributed by atoms with van der Waals surface area (Å²) in [5.74, 6) is 5.70. The van der Waals surface area contributed by atoms with E-state index in [4.69, 9.17) is 5.84 Å². The second-order valence-electron chi connectivity index (χ2n) is 3.95. The highest BCUT2D eigenvalue weighted by molar-refractivity contribution is 9.10. The Balaban J connectivity index is 2.84. The van der Waals surface area contributed by atoms with Crippen molar-refractivity contribution in [2.45, 2.75) is 13.8 Å². The minimum absolute atomic E-state index is 0.313. The van der Waals surface area contributed by atoms with Gasteiger partial charge in [-0.25, -0.2) is 10.2 Å². The average Bonchev–Trinajstić information content (AvgIpc) is 2.27. The molecule has 0 aromatic heterocycles. The predicted molar refractivity (Wildman–Crippen MR) is 72.2 cm³/mol. The number of hydrogen-bond donors (Lipinski definition) is 3. The molecule has 0 saturated carbocycles. The third-order valence-electron chi connectivity index (χ3n) is 1.96. The topological polar surface area (TPSA) is 62.4 Å². The van der Waals surface area contributed by atoms with Gasteiger partial charge >= 0.3 is 0 Å². The summed E-state index contributed by atoms with van der Waals surface area (Å²) in [6.45, 7) is 4.69. The summed E-state index contributed by atoms with van der Waals surface area (Å²) in [6, 6.07) is 4.72. The first-order valence-electron chi connectivity index (χ1n) is 5.26. The molecule has 94 valence electrons. The normalized spacial score (nSPS) is 11.8. The van der Waals surface area contributed by atoms with Crippen LogP contribution >= 0.6 is 15.9 Å². The smallest absolute Gasteiger partial charge is 0.210 e. The minimum Gasteiger partial charge on any atom is -0.322 e. The van der Waals surface area contributed by atoms with Crippen LogP contribution in [0.15, 0.2) is 27.7 Å². The van der Waals surface area contributed by atoms with Gasteiger partial charge in [-0.1, -0.05) is 19.9 Å². The molecule has 0 amide bonds. The third kappa shape index (κ3) is 4.32. The number of rotatable bonds is 3. The quantitative estimate of drug-likeness (QED) is 0.348. The van der Waals surface area contributed by atoms with Crippen LogP contribution in [0, 0.1) is 11.7 Å². The number of nitrogens with zero attached hydrogens (tertiary/aromatic N) is 1. The van der Waals surface area contributed by atoms with E-state index in [1.54, 1.807) is 12.1 Å². The van der Waals surface area contributed by atoms with Gasteiger partial charge < -0.3 is 5.32 Å². The van der Waals surface area contributed by atoms with E-state index in [9.17, 15) is 4.39 Å². The number of hydrazine groups is 1. The van der Waals surface area contributed by atoms with Gasteiger partial charge in [0.1, 0.15) is 5.82 Å². The van der Waals surface area contributed by atoms with Crippen molar-refractivity contribution >= 4 is 27.6 Å². The molecule has 1 rings (SSSR count). The molecule has 0 aliphatic heterocycles. The molecule has 0 saturated heterocycles. The summed E-state index contributed by atoms with van der Waals surface area (Å²) in [5, 5.41) is 2.81. The van der Waals surface area contributed by atoms with Crippen LogP contribution in [0.5, 0.6) is 0 Å². The van der Waals surface area contributed by atoms with Crippen LogP contribution in [-0.4, -0.2) is 12.5 Å². The monoisotopic (exact) mass is 302 g/mol. The maximum Gasteiger partial charge on any atom is 0.210 e. The molecule has 6 heteroatoms. The lowest BCUT2D eigenvalue weighted by molar-refractivity contribution is 0.631. The second-order valence-corrected chi connectivity index (χ2v) is 4.80. The molecule has 0 spiro atoms. The number of para-hydroxylation sites is 1. The third-order valence-corrected chi connectivity index (χ3v) is 2.62. The standard InChI is InChI=1S/C11H16BrFN4/c1-7(2)6-15-11(17-14)16-10-8(12)4-3-5-9(10)13/h3-5,7H,6,14H2,1-2H3,(H2,15,16,17). The number of benzene rings is 1. The molecule has 0 unspecified atom stereocenters. The number of hydrogen-bond acceptors (Lipinski definition) is 2. The van der Waals surface area contributed by atoms with Gasteiger partial charge in [-0.2, -0.15) is 0 Å². The van der Waals surface area contributed by atoms with Crippen LogP contribution in [0.2, 0.25) is 0 Å². The average molecular weight is 303 g/mol. The molecule has 0 heterocycles. The maximum absolute atomic E-state index is 13.5. The van der Waals surface area contributed by atoms with E-state index in [-0.39, 0.29) is 5.82 Å². The molecule has 0 aliphatic rings. The number of nitrogens with two attached hydrogens (primary N) is 1. The van der Waals surface area contributed by atoms with Crippen LogP contribution in [0.1, 0.15) is 13.8 Å². The van der Waals surface area contributed by atoms with Gasteiger partial charge in [-0.3, -0.25) is 10.4 Å². The molecule has 4 nitrogen and oxygen atoms in total. The number of anilines is 1. The van der Waals surface area contributed by atoms with Crippen molar-refractivity contribution in [1.29, 1.82) is 0 Å². The highest BCUT2D eigenvalue weighted by atomic mass is 79.9. The molecule has 0 atom stereocenters. The number of aliphatic imine (C=N–C) groups is 1. The fourth-order valence-corrected chi connectivity index (χ4v) is 1.57. The van der Waals surface area contributed by atoms with Gasteiger partial charge in [0, 0.05) is 11.0 Å². The lowest BCUT2D eigenvalue weighted by Crippen LogP contribution is -2.37. The highest BCUT2D eigenvalue weighted by Gasteiger charge is 2.08. The zero-order valence-electron chi connectivity index (χ0n) is 9.80. The van der Waals surface area contributed by atoms with E-state index in [1.807, 2.05) is 13.8 Å². The Morgan fingerprint density at radius 3 is 2.76 bits per heavy atom. The molecule has 17 heavy (non-hydrogen) atoms. The Kier molecular flexibility index (Phi) is 5.37. The van der Waals surface area contributed by atoms with Gasteiger partial charge in [0.15, 0.2) is 0 Å². The summed E-state index contributed by atoms with van der Waals surface area (Å²) in [7, 11) is 0. The predicted octanol–water partition coefficient (Wildman–Crippen LogP) is 2.48. The van der Waals surface area contributed by atoms with E-state index in [2.05, 4.69) is 31.7 Å². The molecule has 1 aromatic carbocycles. The van der Waals surface area contributed by atoms with Gasteiger partial charge in [0.05, 0.1) is 5.69 Å².